The van der Waals surface area contributed by atoms with Crippen LogP contribution >= 0.6 is 11.3 Å². The number of fused-ring (bicyclic) bond motifs is 1. The van der Waals surface area contributed by atoms with E-state index in [-0.39, 0.29) is 11.8 Å². The Hall–Kier alpha value is -3.52. The Morgan fingerprint density at radius 1 is 1.00 bits per heavy atom. The first-order valence-electron chi connectivity index (χ1n) is 11.8. The number of ether oxygens (including phenoxy) is 1. The summed E-state index contributed by atoms with van der Waals surface area (Å²) in [6.45, 7) is 6.79. The lowest BCUT2D eigenvalue weighted by Gasteiger charge is -2.37. The van der Waals surface area contributed by atoms with Crippen molar-refractivity contribution < 1.29 is 13.9 Å². The molecule has 0 bridgehead atoms. The number of aryl methyl sites for hydroxylation is 1. The van der Waals surface area contributed by atoms with Crippen molar-refractivity contribution in [2.24, 2.45) is 0 Å². The largest absolute Gasteiger partial charge is 0.462 e. The van der Waals surface area contributed by atoms with E-state index in [2.05, 4.69) is 21.9 Å². The first-order chi connectivity index (χ1) is 17.0. The summed E-state index contributed by atoms with van der Waals surface area (Å²) in [6.07, 6.45) is 0.602. The van der Waals surface area contributed by atoms with Gasteiger partial charge in [0.25, 0.3) is 0 Å². The average molecular weight is 491 g/mol. The smallest absolute Gasteiger partial charge is 0.348 e. The predicted molar refractivity (Wildman–Crippen MR) is 138 cm³/mol. The van der Waals surface area contributed by atoms with E-state index in [0.29, 0.717) is 55.6 Å². The second-order valence-electron chi connectivity index (χ2n) is 8.51. The number of aromatic nitrogens is 2. The lowest BCUT2D eigenvalue weighted by Crippen LogP contribution is -2.47. The van der Waals surface area contributed by atoms with Gasteiger partial charge in [0.1, 0.15) is 27.2 Å². The van der Waals surface area contributed by atoms with Crippen molar-refractivity contribution in [1.29, 1.82) is 0 Å². The molecule has 1 aliphatic rings. The molecule has 35 heavy (non-hydrogen) atoms. The number of benzene rings is 2. The molecule has 0 atom stereocenters. The molecular formula is C27H27FN4O2S. The number of carbonyl (C=O) groups excluding carboxylic acids is 1. The number of anilines is 2. The van der Waals surface area contributed by atoms with Crippen LogP contribution in [0.15, 0.2) is 54.6 Å². The predicted octanol–water partition coefficient (Wildman–Crippen LogP) is 5.23. The maximum Gasteiger partial charge on any atom is 0.348 e. The van der Waals surface area contributed by atoms with Gasteiger partial charge >= 0.3 is 5.97 Å². The third kappa shape index (κ3) is 4.71. The van der Waals surface area contributed by atoms with Gasteiger partial charge in [0, 0.05) is 32.6 Å². The highest BCUT2D eigenvalue weighted by Crippen LogP contribution is 2.37. The van der Waals surface area contributed by atoms with Crippen molar-refractivity contribution in [2.45, 2.75) is 20.3 Å². The number of rotatable bonds is 6. The number of hydrogen-bond acceptors (Lipinski definition) is 7. The number of carbonyl (C=O) groups is 1. The summed E-state index contributed by atoms with van der Waals surface area (Å²) in [5.74, 6) is 1.02. The van der Waals surface area contributed by atoms with E-state index in [1.54, 1.807) is 13.0 Å². The molecule has 0 saturated carbocycles. The van der Waals surface area contributed by atoms with E-state index in [9.17, 15) is 9.18 Å². The van der Waals surface area contributed by atoms with Crippen LogP contribution in [-0.4, -0.2) is 48.7 Å². The molecule has 1 fully saturated rings. The Balaban J connectivity index is 1.51. The summed E-state index contributed by atoms with van der Waals surface area (Å²) in [6, 6.07) is 17.0. The summed E-state index contributed by atoms with van der Waals surface area (Å²) >= 11 is 1.36. The molecule has 0 amide bonds. The highest BCUT2D eigenvalue weighted by Gasteiger charge is 2.27. The van der Waals surface area contributed by atoms with Crippen LogP contribution < -0.4 is 9.80 Å². The van der Waals surface area contributed by atoms with Crippen molar-refractivity contribution in [2.75, 3.05) is 42.6 Å². The quantitative estimate of drug-likeness (QED) is 0.345. The molecule has 0 unspecified atom stereocenters. The maximum absolute atomic E-state index is 14.3. The summed E-state index contributed by atoms with van der Waals surface area (Å²) in [4.78, 5) is 28.1. The third-order valence-corrected chi connectivity index (χ3v) is 7.42. The molecule has 2 aromatic heterocycles. The van der Waals surface area contributed by atoms with Crippen LogP contribution in [0.5, 0.6) is 0 Å². The van der Waals surface area contributed by atoms with Gasteiger partial charge in [-0.25, -0.2) is 19.2 Å². The highest BCUT2D eigenvalue weighted by molar-refractivity contribution is 7.20. The van der Waals surface area contributed by atoms with E-state index in [1.807, 2.05) is 37.3 Å². The average Bonchev–Trinajstić information content (AvgIpc) is 3.21. The van der Waals surface area contributed by atoms with Gasteiger partial charge in [0.15, 0.2) is 0 Å². The van der Waals surface area contributed by atoms with E-state index in [0.717, 1.165) is 27.2 Å². The van der Waals surface area contributed by atoms with Gasteiger partial charge in [-0.2, -0.15) is 0 Å². The summed E-state index contributed by atoms with van der Waals surface area (Å²) in [5, 5.41) is 0.897. The van der Waals surface area contributed by atoms with Crippen LogP contribution in [0.4, 0.5) is 15.9 Å². The van der Waals surface area contributed by atoms with Crippen molar-refractivity contribution in [3.05, 3.63) is 82.2 Å². The fourth-order valence-electron chi connectivity index (χ4n) is 4.51. The van der Waals surface area contributed by atoms with E-state index < -0.39 is 0 Å². The van der Waals surface area contributed by atoms with Crippen LogP contribution in [0.3, 0.4) is 0 Å². The van der Waals surface area contributed by atoms with Crippen LogP contribution in [0, 0.1) is 12.7 Å². The molecule has 6 nitrogen and oxygen atoms in total. The van der Waals surface area contributed by atoms with Crippen molar-refractivity contribution in [1.82, 2.24) is 9.97 Å². The number of halogens is 1. The second kappa shape index (κ2) is 10.00. The molecule has 8 heteroatoms. The Bertz CT molecular complexity index is 1350. The Kier molecular flexibility index (Phi) is 6.63. The molecule has 0 N–H and O–H groups in total. The number of nitrogens with zero attached hydrogens (tertiary/aromatic N) is 4. The summed E-state index contributed by atoms with van der Waals surface area (Å²) in [7, 11) is 0. The number of esters is 1. The number of para-hydroxylation sites is 1. The minimum Gasteiger partial charge on any atom is -0.462 e. The van der Waals surface area contributed by atoms with Crippen LogP contribution in [0.2, 0.25) is 0 Å². The molecule has 0 radical (unpaired) electrons. The summed E-state index contributed by atoms with van der Waals surface area (Å²) < 4.78 is 19.6. The normalized spacial score (nSPS) is 13.9. The minimum absolute atomic E-state index is 0.205. The first kappa shape index (κ1) is 23.2. The fourth-order valence-corrected chi connectivity index (χ4v) is 5.59. The topological polar surface area (TPSA) is 58.6 Å². The van der Waals surface area contributed by atoms with Crippen molar-refractivity contribution in [3.8, 4) is 0 Å². The van der Waals surface area contributed by atoms with Gasteiger partial charge in [-0.15, -0.1) is 11.3 Å². The summed E-state index contributed by atoms with van der Waals surface area (Å²) in [5.41, 5.74) is 2.60. The van der Waals surface area contributed by atoms with Crippen LogP contribution in [0.1, 0.15) is 33.5 Å². The molecule has 0 aliphatic carbocycles. The molecule has 3 heterocycles. The zero-order valence-electron chi connectivity index (χ0n) is 19.8. The standard InChI is InChI=1S/C27H27FN4O2S/c1-3-34-27(33)24-18(2)23-25(29-22(30-26(23)35-24)17-19-9-5-4-6-10-19)32-15-13-31(14-16-32)21-12-8-7-11-20(21)28/h4-12H,3,13-17H2,1-2H3. The monoisotopic (exact) mass is 490 g/mol. The van der Waals surface area contributed by atoms with Crippen LogP contribution in [0.25, 0.3) is 10.2 Å². The molecular weight excluding hydrogens is 463 g/mol. The van der Waals surface area contributed by atoms with E-state index in [4.69, 9.17) is 14.7 Å². The van der Waals surface area contributed by atoms with Gasteiger partial charge in [-0.1, -0.05) is 42.5 Å². The fraction of sp³-hybridized carbons (Fsp3) is 0.296. The maximum atomic E-state index is 14.3. The lowest BCUT2D eigenvalue weighted by atomic mass is 10.1. The number of hydrogen-bond donors (Lipinski definition) is 0. The zero-order chi connectivity index (χ0) is 24.4. The van der Waals surface area contributed by atoms with Gasteiger partial charge in [0.2, 0.25) is 0 Å². The first-order valence-corrected chi connectivity index (χ1v) is 12.6. The molecule has 1 aliphatic heterocycles. The van der Waals surface area contributed by atoms with Crippen LogP contribution in [-0.2, 0) is 11.2 Å². The number of thiophene rings is 1. The molecule has 5 rings (SSSR count). The van der Waals surface area contributed by atoms with Crippen molar-refractivity contribution in [3.63, 3.8) is 0 Å². The zero-order valence-corrected chi connectivity index (χ0v) is 20.6. The lowest BCUT2D eigenvalue weighted by molar-refractivity contribution is 0.0531. The molecule has 2 aromatic carbocycles. The van der Waals surface area contributed by atoms with E-state index in [1.165, 1.54) is 17.4 Å². The molecule has 4 aromatic rings. The van der Waals surface area contributed by atoms with Crippen molar-refractivity contribution >= 4 is 39.0 Å². The Labute approximate surface area is 208 Å². The minimum atomic E-state index is -0.326. The highest BCUT2D eigenvalue weighted by atomic mass is 32.1. The van der Waals surface area contributed by atoms with Gasteiger partial charge in [-0.05, 0) is 37.1 Å². The van der Waals surface area contributed by atoms with Gasteiger partial charge in [-0.3, -0.25) is 0 Å². The number of piperazine rings is 1. The molecule has 0 spiro atoms. The second-order valence-corrected chi connectivity index (χ2v) is 9.51. The molecule has 180 valence electrons. The molecule has 1 saturated heterocycles. The SMILES string of the molecule is CCOC(=O)c1sc2nc(Cc3ccccc3)nc(N3CCN(c4ccccc4F)CC3)c2c1C. The Morgan fingerprint density at radius 3 is 2.40 bits per heavy atom. The third-order valence-electron chi connectivity index (χ3n) is 6.26. The Morgan fingerprint density at radius 2 is 1.69 bits per heavy atom. The van der Waals surface area contributed by atoms with E-state index >= 15 is 0 Å². The van der Waals surface area contributed by atoms with Gasteiger partial charge < -0.3 is 14.5 Å². The van der Waals surface area contributed by atoms with Gasteiger partial charge in [0.05, 0.1) is 17.7 Å².